The monoisotopic (exact) mass is 247 g/mol. The summed E-state index contributed by atoms with van der Waals surface area (Å²) in [6.45, 7) is 4.20. The van der Waals surface area contributed by atoms with Crippen LogP contribution in [0.4, 0.5) is 5.69 Å². The van der Waals surface area contributed by atoms with E-state index >= 15 is 0 Å². The molecule has 2 heteroatoms. The van der Waals surface area contributed by atoms with Gasteiger partial charge in [0, 0.05) is 18.7 Å². The summed E-state index contributed by atoms with van der Waals surface area (Å²) in [7, 11) is 0. The molecule has 0 aromatic heterocycles. The average molecular weight is 247 g/mol. The van der Waals surface area contributed by atoms with E-state index in [-0.39, 0.29) is 0 Å². The second-order valence-corrected chi connectivity index (χ2v) is 5.12. The van der Waals surface area contributed by atoms with Crippen LogP contribution in [0.1, 0.15) is 51.0 Å². The van der Waals surface area contributed by atoms with Gasteiger partial charge in [-0.25, -0.2) is 0 Å². The molecule has 0 unspecified atom stereocenters. The number of rotatable bonds is 8. The smallest absolute Gasteiger partial charge is 0.122 e. The van der Waals surface area contributed by atoms with E-state index in [0.29, 0.717) is 0 Å². The third kappa shape index (κ3) is 3.94. The van der Waals surface area contributed by atoms with Crippen molar-refractivity contribution >= 4 is 5.69 Å². The Kier molecular flexibility index (Phi) is 5.37. The van der Waals surface area contributed by atoms with Gasteiger partial charge >= 0.3 is 0 Å². The summed E-state index contributed by atoms with van der Waals surface area (Å²) in [4.78, 5) is 0. The van der Waals surface area contributed by atoms with Crippen LogP contribution in [0, 0.1) is 0 Å². The second kappa shape index (κ2) is 7.30. The first-order valence-electron chi connectivity index (χ1n) is 7.40. The van der Waals surface area contributed by atoms with Crippen molar-refractivity contribution in [3.8, 4) is 5.75 Å². The fourth-order valence-electron chi connectivity index (χ4n) is 2.43. The first kappa shape index (κ1) is 13.3. The van der Waals surface area contributed by atoms with Gasteiger partial charge in [-0.05, 0) is 30.2 Å². The molecule has 1 aliphatic heterocycles. The van der Waals surface area contributed by atoms with Gasteiger partial charge in [-0.1, -0.05) is 39.0 Å². The lowest BCUT2D eigenvalue weighted by Crippen LogP contribution is -2.01. The lowest BCUT2D eigenvalue weighted by molar-refractivity contribution is 0.357. The van der Waals surface area contributed by atoms with Crippen LogP contribution in [0.25, 0.3) is 0 Å². The molecule has 0 radical (unpaired) electrons. The van der Waals surface area contributed by atoms with Crippen molar-refractivity contribution in [3.05, 3.63) is 23.8 Å². The Morgan fingerprint density at radius 3 is 2.83 bits per heavy atom. The summed E-state index contributed by atoms with van der Waals surface area (Å²) >= 11 is 0. The summed E-state index contributed by atoms with van der Waals surface area (Å²) in [5.74, 6) is 1.07. The molecule has 1 heterocycles. The Bertz CT molecular complexity index is 362. The van der Waals surface area contributed by atoms with Gasteiger partial charge in [-0.15, -0.1) is 0 Å². The van der Waals surface area contributed by atoms with E-state index in [1.165, 1.54) is 49.8 Å². The Morgan fingerprint density at radius 1 is 1.11 bits per heavy atom. The molecular weight excluding hydrogens is 222 g/mol. The molecule has 0 fully saturated rings. The molecule has 18 heavy (non-hydrogen) atoms. The summed E-state index contributed by atoms with van der Waals surface area (Å²) < 4.78 is 5.51. The van der Waals surface area contributed by atoms with Gasteiger partial charge in [0.1, 0.15) is 5.75 Å². The van der Waals surface area contributed by atoms with Crippen molar-refractivity contribution in [2.75, 3.05) is 18.5 Å². The van der Waals surface area contributed by atoms with E-state index < -0.39 is 0 Å². The van der Waals surface area contributed by atoms with Crippen molar-refractivity contribution in [1.82, 2.24) is 0 Å². The fraction of sp³-hybridized carbons (Fsp3) is 0.625. The zero-order chi connectivity index (χ0) is 12.6. The van der Waals surface area contributed by atoms with Crippen LogP contribution in [-0.2, 0) is 6.42 Å². The maximum Gasteiger partial charge on any atom is 0.122 e. The summed E-state index contributed by atoms with van der Waals surface area (Å²) in [5, 5.41) is 3.51. The van der Waals surface area contributed by atoms with Gasteiger partial charge in [0.05, 0.1) is 6.61 Å². The van der Waals surface area contributed by atoms with Gasteiger partial charge in [0.15, 0.2) is 0 Å². The third-order valence-electron chi connectivity index (χ3n) is 3.55. The van der Waals surface area contributed by atoms with Crippen molar-refractivity contribution < 1.29 is 4.74 Å². The largest absolute Gasteiger partial charge is 0.493 e. The van der Waals surface area contributed by atoms with Crippen molar-refractivity contribution in [3.63, 3.8) is 0 Å². The molecule has 0 amide bonds. The molecule has 0 spiro atoms. The van der Waals surface area contributed by atoms with E-state index in [4.69, 9.17) is 4.74 Å². The maximum atomic E-state index is 5.51. The lowest BCUT2D eigenvalue weighted by Gasteiger charge is -2.07. The Hall–Kier alpha value is -1.18. The van der Waals surface area contributed by atoms with E-state index in [1.54, 1.807) is 0 Å². The van der Waals surface area contributed by atoms with Gasteiger partial charge in [-0.2, -0.15) is 0 Å². The molecule has 1 aliphatic rings. The van der Waals surface area contributed by atoms with Gasteiger partial charge in [-0.3, -0.25) is 0 Å². The normalized spacial score (nSPS) is 13.2. The van der Waals surface area contributed by atoms with Crippen LogP contribution < -0.4 is 10.1 Å². The number of fused-ring (bicyclic) bond motifs is 1. The zero-order valence-corrected chi connectivity index (χ0v) is 11.5. The third-order valence-corrected chi connectivity index (χ3v) is 3.55. The lowest BCUT2D eigenvalue weighted by atomic mass is 10.1. The number of unbranched alkanes of at least 4 members (excludes halogenated alkanes) is 5. The van der Waals surface area contributed by atoms with Crippen molar-refractivity contribution in [1.29, 1.82) is 0 Å². The topological polar surface area (TPSA) is 21.3 Å². The summed E-state index contributed by atoms with van der Waals surface area (Å²) in [5.41, 5.74) is 2.59. The minimum absolute atomic E-state index is 0.843. The highest BCUT2D eigenvalue weighted by Crippen LogP contribution is 2.27. The maximum absolute atomic E-state index is 5.51. The highest BCUT2D eigenvalue weighted by molar-refractivity contribution is 5.52. The highest BCUT2D eigenvalue weighted by atomic mass is 16.5. The van der Waals surface area contributed by atoms with E-state index in [2.05, 4.69) is 30.4 Å². The van der Waals surface area contributed by atoms with Crippen LogP contribution in [0.3, 0.4) is 0 Å². The zero-order valence-electron chi connectivity index (χ0n) is 11.5. The molecule has 1 aromatic carbocycles. The number of hydrogen-bond donors (Lipinski definition) is 1. The number of ether oxygens (including phenoxy) is 1. The fourth-order valence-corrected chi connectivity index (χ4v) is 2.43. The highest BCUT2D eigenvalue weighted by Gasteiger charge is 2.11. The van der Waals surface area contributed by atoms with Gasteiger partial charge < -0.3 is 10.1 Å². The first-order valence-corrected chi connectivity index (χ1v) is 7.40. The minimum atomic E-state index is 0.843. The quantitative estimate of drug-likeness (QED) is 0.688. The van der Waals surface area contributed by atoms with Crippen LogP contribution in [0.2, 0.25) is 0 Å². The van der Waals surface area contributed by atoms with Crippen molar-refractivity contribution in [2.24, 2.45) is 0 Å². The van der Waals surface area contributed by atoms with E-state index in [1.807, 2.05) is 0 Å². The molecule has 0 bridgehead atoms. The number of anilines is 1. The van der Waals surface area contributed by atoms with E-state index in [9.17, 15) is 0 Å². The SMILES string of the molecule is CCCCCCCCNc1ccc2c(c1)CCO2. The van der Waals surface area contributed by atoms with E-state index in [0.717, 1.165) is 25.3 Å². The Morgan fingerprint density at radius 2 is 1.94 bits per heavy atom. The van der Waals surface area contributed by atoms with Crippen LogP contribution in [0.15, 0.2) is 18.2 Å². The van der Waals surface area contributed by atoms with Crippen LogP contribution >= 0.6 is 0 Å². The summed E-state index contributed by atoms with van der Waals surface area (Å²) in [6.07, 6.45) is 9.17. The standard InChI is InChI=1S/C16H25NO/c1-2-3-4-5-6-7-11-17-15-8-9-16-14(13-15)10-12-18-16/h8-9,13,17H,2-7,10-12H2,1H3. The van der Waals surface area contributed by atoms with Gasteiger partial charge in [0.2, 0.25) is 0 Å². The van der Waals surface area contributed by atoms with Crippen LogP contribution in [-0.4, -0.2) is 13.2 Å². The second-order valence-electron chi connectivity index (χ2n) is 5.12. The minimum Gasteiger partial charge on any atom is -0.493 e. The predicted molar refractivity (Wildman–Crippen MR) is 77.5 cm³/mol. The van der Waals surface area contributed by atoms with Crippen molar-refractivity contribution in [2.45, 2.75) is 51.9 Å². The number of benzene rings is 1. The molecule has 0 aliphatic carbocycles. The molecule has 0 saturated carbocycles. The molecule has 0 saturated heterocycles. The molecule has 1 aromatic rings. The Labute approximate surface area is 111 Å². The van der Waals surface area contributed by atoms with Gasteiger partial charge in [0.25, 0.3) is 0 Å². The van der Waals surface area contributed by atoms with Crippen LogP contribution in [0.5, 0.6) is 5.75 Å². The molecule has 2 rings (SSSR count). The first-order chi connectivity index (χ1) is 8.90. The number of hydrogen-bond acceptors (Lipinski definition) is 2. The molecule has 0 atom stereocenters. The summed E-state index contributed by atoms with van der Waals surface area (Å²) in [6, 6.07) is 6.45. The molecule has 100 valence electrons. The molecular formula is C16H25NO. The Balaban J connectivity index is 1.62. The molecule has 2 nitrogen and oxygen atoms in total. The average Bonchev–Trinajstić information content (AvgIpc) is 2.85. The molecule has 1 N–H and O–H groups in total. The predicted octanol–water partition coefficient (Wildman–Crippen LogP) is 4.39. The number of nitrogens with one attached hydrogen (secondary N) is 1.